The second-order valence-corrected chi connectivity index (χ2v) is 3.11. The number of rotatable bonds is 4. The first-order valence-corrected chi connectivity index (χ1v) is 4.48. The van der Waals surface area contributed by atoms with Crippen molar-refractivity contribution in [2.24, 2.45) is 0 Å². The SMILES string of the molecule is O=[N+]([O-])c1ncc(CO)c(OC(F)(F)F)c1C(F)F. The molecular formula is C8H5F5N2O4. The van der Waals surface area contributed by atoms with E-state index in [0.717, 1.165) is 0 Å². The number of aromatic nitrogens is 1. The summed E-state index contributed by atoms with van der Waals surface area (Å²) in [4.78, 5) is 12.1. The summed E-state index contributed by atoms with van der Waals surface area (Å²) in [6.07, 6.45) is -8.51. The molecule has 0 amide bonds. The topological polar surface area (TPSA) is 85.5 Å². The van der Waals surface area contributed by atoms with Crippen molar-refractivity contribution in [3.8, 4) is 5.75 Å². The fraction of sp³-hybridized carbons (Fsp3) is 0.375. The predicted molar refractivity (Wildman–Crippen MR) is 48.5 cm³/mol. The number of alkyl halides is 5. The van der Waals surface area contributed by atoms with E-state index in [4.69, 9.17) is 5.11 Å². The fourth-order valence-electron chi connectivity index (χ4n) is 1.23. The number of aliphatic hydroxyl groups excluding tert-OH is 1. The highest BCUT2D eigenvalue weighted by Crippen LogP contribution is 2.40. The zero-order valence-corrected chi connectivity index (χ0v) is 8.82. The maximum Gasteiger partial charge on any atom is 0.573 e. The molecule has 1 aromatic heterocycles. The molecule has 19 heavy (non-hydrogen) atoms. The Bertz CT molecular complexity index is 491. The first-order valence-electron chi connectivity index (χ1n) is 4.48. The molecular weight excluding hydrogens is 283 g/mol. The molecule has 0 radical (unpaired) electrons. The molecule has 0 bridgehead atoms. The van der Waals surface area contributed by atoms with Crippen LogP contribution >= 0.6 is 0 Å². The van der Waals surface area contributed by atoms with Crippen LogP contribution in [0.1, 0.15) is 17.6 Å². The lowest BCUT2D eigenvalue weighted by molar-refractivity contribution is -0.391. The molecule has 0 atom stereocenters. The van der Waals surface area contributed by atoms with Crippen LogP contribution in [-0.2, 0) is 6.61 Å². The number of pyridine rings is 1. The molecule has 1 rings (SSSR count). The van der Waals surface area contributed by atoms with Crippen LogP contribution in [0.4, 0.5) is 27.8 Å². The summed E-state index contributed by atoms with van der Waals surface area (Å²) in [7, 11) is 0. The highest BCUT2D eigenvalue weighted by molar-refractivity contribution is 5.49. The largest absolute Gasteiger partial charge is 0.573 e. The van der Waals surface area contributed by atoms with E-state index >= 15 is 0 Å². The lowest BCUT2D eigenvalue weighted by Crippen LogP contribution is -2.20. The molecule has 1 N–H and O–H groups in total. The first-order chi connectivity index (χ1) is 8.67. The summed E-state index contributed by atoms with van der Waals surface area (Å²) in [5.41, 5.74) is -2.37. The Morgan fingerprint density at radius 2 is 2.05 bits per heavy atom. The van der Waals surface area contributed by atoms with Crippen molar-refractivity contribution < 1.29 is 36.7 Å². The Labute approximate surface area is 101 Å². The van der Waals surface area contributed by atoms with Gasteiger partial charge in [0, 0.05) is 0 Å². The van der Waals surface area contributed by atoms with E-state index in [-0.39, 0.29) is 0 Å². The molecule has 0 aromatic carbocycles. The molecule has 1 heterocycles. The number of halogens is 5. The molecule has 0 unspecified atom stereocenters. The van der Waals surface area contributed by atoms with Gasteiger partial charge in [-0.15, -0.1) is 13.2 Å². The number of ether oxygens (including phenoxy) is 1. The van der Waals surface area contributed by atoms with Crippen molar-refractivity contribution in [3.05, 3.63) is 27.4 Å². The monoisotopic (exact) mass is 288 g/mol. The van der Waals surface area contributed by atoms with Crippen LogP contribution in [-0.4, -0.2) is 21.4 Å². The summed E-state index contributed by atoms with van der Waals surface area (Å²) in [6.45, 7) is -1.10. The van der Waals surface area contributed by atoms with Crippen molar-refractivity contribution in [2.75, 3.05) is 0 Å². The van der Waals surface area contributed by atoms with Crippen LogP contribution in [0.3, 0.4) is 0 Å². The number of hydrogen-bond donors (Lipinski definition) is 1. The Kier molecular flexibility index (Phi) is 4.19. The third kappa shape index (κ3) is 3.47. The lowest BCUT2D eigenvalue weighted by Gasteiger charge is -2.14. The van der Waals surface area contributed by atoms with Crippen LogP contribution in [0.25, 0.3) is 0 Å². The Morgan fingerprint density at radius 1 is 1.47 bits per heavy atom. The molecule has 0 saturated heterocycles. The van der Waals surface area contributed by atoms with E-state index in [1.165, 1.54) is 0 Å². The van der Waals surface area contributed by atoms with Gasteiger partial charge in [0.1, 0.15) is 6.20 Å². The van der Waals surface area contributed by atoms with E-state index in [0.29, 0.717) is 6.20 Å². The fourth-order valence-corrected chi connectivity index (χ4v) is 1.23. The van der Waals surface area contributed by atoms with Gasteiger partial charge in [0.25, 0.3) is 6.43 Å². The number of nitro groups is 1. The maximum atomic E-state index is 12.7. The molecule has 1 aromatic rings. The lowest BCUT2D eigenvalue weighted by atomic mass is 10.1. The average Bonchev–Trinajstić information content (AvgIpc) is 2.25. The van der Waals surface area contributed by atoms with Crippen molar-refractivity contribution in [3.63, 3.8) is 0 Å². The Balaban J connectivity index is 3.52. The standard InChI is InChI=1S/C8H5F5N2O4/c9-6(10)4-5(19-8(11,12)13)3(2-16)1-14-7(4)15(17)18/h1,6,16H,2H2. The molecule has 6 nitrogen and oxygen atoms in total. The van der Waals surface area contributed by atoms with Gasteiger partial charge in [-0.05, 0) is 9.91 Å². The molecule has 0 spiro atoms. The van der Waals surface area contributed by atoms with E-state index in [9.17, 15) is 32.1 Å². The van der Waals surface area contributed by atoms with Gasteiger partial charge >= 0.3 is 12.2 Å². The quantitative estimate of drug-likeness (QED) is 0.522. The normalized spacial score (nSPS) is 11.7. The Morgan fingerprint density at radius 3 is 2.42 bits per heavy atom. The van der Waals surface area contributed by atoms with Crippen molar-refractivity contribution in [2.45, 2.75) is 19.4 Å². The third-order valence-electron chi connectivity index (χ3n) is 1.90. The van der Waals surface area contributed by atoms with Crippen molar-refractivity contribution in [1.29, 1.82) is 0 Å². The summed E-state index contributed by atoms with van der Waals surface area (Å²) < 4.78 is 64.9. The minimum absolute atomic E-state index is 0.463. The molecule has 0 aliphatic carbocycles. The number of nitrogens with zero attached hydrogens (tertiary/aromatic N) is 2. The van der Waals surface area contributed by atoms with Gasteiger partial charge in [-0.1, -0.05) is 0 Å². The minimum Gasteiger partial charge on any atom is -0.404 e. The molecule has 0 aliphatic heterocycles. The highest BCUT2D eigenvalue weighted by atomic mass is 19.4. The van der Waals surface area contributed by atoms with Gasteiger partial charge in [-0.25, -0.2) is 8.78 Å². The predicted octanol–water partition coefficient (Wildman–Crippen LogP) is 2.32. The van der Waals surface area contributed by atoms with Gasteiger partial charge in [-0.2, -0.15) is 0 Å². The van der Waals surface area contributed by atoms with E-state index in [1.807, 2.05) is 0 Å². The summed E-state index contributed by atoms with van der Waals surface area (Å²) in [6, 6.07) is 0. The van der Waals surface area contributed by atoms with E-state index < -0.39 is 47.0 Å². The molecule has 106 valence electrons. The van der Waals surface area contributed by atoms with Crippen LogP contribution < -0.4 is 4.74 Å². The second kappa shape index (κ2) is 5.30. The summed E-state index contributed by atoms with van der Waals surface area (Å²) >= 11 is 0. The minimum atomic E-state index is -5.34. The third-order valence-corrected chi connectivity index (χ3v) is 1.90. The average molecular weight is 288 g/mol. The highest BCUT2D eigenvalue weighted by Gasteiger charge is 2.38. The van der Waals surface area contributed by atoms with Crippen molar-refractivity contribution in [1.82, 2.24) is 4.98 Å². The van der Waals surface area contributed by atoms with Gasteiger partial charge in [0.05, 0.1) is 12.2 Å². The zero-order valence-electron chi connectivity index (χ0n) is 8.82. The van der Waals surface area contributed by atoms with Gasteiger partial charge in [0.15, 0.2) is 11.3 Å². The van der Waals surface area contributed by atoms with Gasteiger partial charge < -0.3 is 20.0 Å². The van der Waals surface area contributed by atoms with Crippen LogP contribution in [0, 0.1) is 10.1 Å². The summed E-state index contributed by atoms with van der Waals surface area (Å²) in [5, 5.41) is 19.2. The number of hydrogen-bond acceptors (Lipinski definition) is 5. The Hall–Kier alpha value is -2.04. The number of aliphatic hydroxyl groups is 1. The molecule has 0 aliphatic rings. The van der Waals surface area contributed by atoms with Crippen molar-refractivity contribution >= 4 is 5.82 Å². The molecule has 11 heteroatoms. The van der Waals surface area contributed by atoms with E-state index in [2.05, 4.69) is 9.72 Å². The summed E-state index contributed by atoms with van der Waals surface area (Å²) in [5.74, 6) is -2.97. The van der Waals surface area contributed by atoms with Crippen LogP contribution in [0.5, 0.6) is 5.75 Å². The molecule has 0 fully saturated rings. The zero-order chi connectivity index (χ0) is 14.8. The van der Waals surface area contributed by atoms with Gasteiger partial charge in [-0.3, -0.25) is 0 Å². The second-order valence-electron chi connectivity index (χ2n) is 3.11. The van der Waals surface area contributed by atoms with Crippen LogP contribution in [0.2, 0.25) is 0 Å². The molecule has 0 saturated carbocycles. The van der Waals surface area contributed by atoms with Crippen LogP contribution in [0.15, 0.2) is 6.20 Å². The maximum absolute atomic E-state index is 12.7. The van der Waals surface area contributed by atoms with E-state index in [1.54, 1.807) is 0 Å². The van der Waals surface area contributed by atoms with Gasteiger partial charge in [0.2, 0.25) is 0 Å². The smallest absolute Gasteiger partial charge is 0.404 e. The first kappa shape index (κ1) is 15.0.